The summed E-state index contributed by atoms with van der Waals surface area (Å²) in [4.78, 5) is 35.1. The normalized spacial score (nSPS) is 14.4. The summed E-state index contributed by atoms with van der Waals surface area (Å²) in [5.74, 6) is -0.961. The lowest BCUT2D eigenvalue weighted by Gasteiger charge is -2.20. The molecule has 0 rings (SSSR count). The topological polar surface area (TPSA) is 149 Å². The van der Waals surface area contributed by atoms with E-state index in [4.69, 9.17) is 23.6 Å². The van der Waals surface area contributed by atoms with Crippen LogP contribution in [0, 0.1) is 0 Å². The molecule has 0 bridgehead atoms. The number of allylic oxidation sites excluding steroid dienone is 12. The molecule has 0 amide bonds. The summed E-state index contributed by atoms with van der Waals surface area (Å²) < 4.78 is 32.8. The van der Waals surface area contributed by atoms with E-state index in [1.165, 1.54) is 77.0 Å². The number of unbranched alkanes of at least 4 members (excludes halogenated alkanes) is 18. The van der Waals surface area contributed by atoms with Crippen molar-refractivity contribution in [3.05, 3.63) is 72.9 Å². The van der Waals surface area contributed by atoms with Gasteiger partial charge in [-0.25, -0.2) is 4.57 Å². The molecule has 0 heterocycles. The molecule has 1 unspecified atom stereocenters. The molecule has 0 aromatic carbocycles. The van der Waals surface area contributed by atoms with Gasteiger partial charge in [-0.3, -0.25) is 18.6 Å². The summed E-state index contributed by atoms with van der Waals surface area (Å²) in [5, 5.41) is 18.4. The number of phosphoric ester groups is 1. The van der Waals surface area contributed by atoms with Gasteiger partial charge in [-0.05, 0) is 89.9 Å². The van der Waals surface area contributed by atoms with E-state index in [9.17, 15) is 24.2 Å². The van der Waals surface area contributed by atoms with Gasteiger partial charge in [0.15, 0.2) is 6.10 Å². The van der Waals surface area contributed by atoms with Crippen LogP contribution >= 0.6 is 7.82 Å². The number of hydrogen-bond donors (Lipinski definition) is 3. The Balaban J connectivity index is 4.30. The van der Waals surface area contributed by atoms with Gasteiger partial charge in [-0.1, -0.05) is 164 Å². The molecule has 0 fully saturated rings. The molecule has 0 radical (unpaired) electrons. The van der Waals surface area contributed by atoms with Gasteiger partial charge in [0, 0.05) is 12.8 Å². The van der Waals surface area contributed by atoms with Gasteiger partial charge in [0.05, 0.1) is 19.8 Å². The Hall–Kier alpha value is -2.59. The van der Waals surface area contributed by atoms with Crippen molar-refractivity contribution in [3.8, 4) is 0 Å². The number of carbonyl (C=O) groups is 2. The summed E-state index contributed by atoms with van der Waals surface area (Å²) in [6.45, 7) is 2.29. The molecule has 0 aliphatic rings. The van der Waals surface area contributed by atoms with Crippen molar-refractivity contribution >= 4 is 19.8 Å². The Morgan fingerprint density at radius 3 is 1.28 bits per heavy atom. The second kappa shape index (κ2) is 45.4. The average molecular weight is 879 g/mol. The second-order valence-electron chi connectivity index (χ2n) is 15.8. The van der Waals surface area contributed by atoms with Gasteiger partial charge < -0.3 is 24.6 Å². The highest BCUT2D eigenvalue weighted by molar-refractivity contribution is 7.47. The molecule has 0 aliphatic carbocycles. The number of aliphatic hydroxyl groups excluding tert-OH is 2. The fraction of sp³-hybridized carbons (Fsp3) is 0.720. The molecule has 61 heavy (non-hydrogen) atoms. The Morgan fingerprint density at radius 1 is 0.492 bits per heavy atom. The van der Waals surface area contributed by atoms with Gasteiger partial charge >= 0.3 is 19.8 Å². The zero-order chi connectivity index (χ0) is 44.8. The van der Waals surface area contributed by atoms with Crippen molar-refractivity contribution in [2.75, 3.05) is 26.4 Å². The predicted octanol–water partition coefficient (Wildman–Crippen LogP) is 13.2. The smallest absolute Gasteiger partial charge is 0.462 e. The number of ether oxygens (including phenoxy) is 2. The maximum Gasteiger partial charge on any atom is 0.472 e. The van der Waals surface area contributed by atoms with E-state index in [-0.39, 0.29) is 19.4 Å². The first-order valence-electron chi connectivity index (χ1n) is 23.9. The maximum atomic E-state index is 12.7. The van der Waals surface area contributed by atoms with Crippen LogP contribution in [0.3, 0.4) is 0 Å². The third-order valence-corrected chi connectivity index (χ3v) is 10.8. The molecular formula is C50H87O10P. The number of esters is 2. The summed E-state index contributed by atoms with van der Waals surface area (Å²) in [6.07, 6.45) is 52.8. The standard InChI is InChI=1S/C50H87O10P/c1-3-5-7-9-11-13-15-17-19-21-22-23-24-26-28-30-32-34-36-38-40-42-50(54)60-48(46-59-61(55,56)58-44-47(52)43-51)45-57-49(53)41-39-37-35-33-31-29-27-25-20-18-16-14-12-10-8-6-4-2/h11-14,17-20,22-23,27,29,47-48,51-52H,3-10,15-16,21,24-26,28,30-46H2,1-2H3,(H,55,56)/b13-11-,14-12-,19-17-,20-18-,23-22-,29-27-/t47-,48+/m0/s1. The highest BCUT2D eigenvalue weighted by atomic mass is 31.2. The maximum absolute atomic E-state index is 12.7. The lowest BCUT2D eigenvalue weighted by Crippen LogP contribution is -2.29. The molecule has 0 spiro atoms. The molecule has 0 aromatic rings. The van der Waals surface area contributed by atoms with Gasteiger partial charge in [0.25, 0.3) is 0 Å². The summed E-state index contributed by atoms with van der Waals surface area (Å²) in [5.41, 5.74) is 0. The molecule has 0 aromatic heterocycles. The van der Waals surface area contributed by atoms with Crippen LogP contribution in [0.1, 0.15) is 194 Å². The Morgan fingerprint density at radius 2 is 0.852 bits per heavy atom. The summed E-state index contributed by atoms with van der Waals surface area (Å²) in [6, 6.07) is 0. The third-order valence-electron chi connectivity index (χ3n) is 9.83. The summed E-state index contributed by atoms with van der Waals surface area (Å²) in [7, 11) is -4.63. The second-order valence-corrected chi connectivity index (χ2v) is 17.2. The van der Waals surface area contributed by atoms with E-state index >= 15 is 0 Å². The number of carbonyl (C=O) groups excluding carboxylic acids is 2. The Labute approximate surface area is 371 Å². The zero-order valence-corrected chi connectivity index (χ0v) is 39.3. The van der Waals surface area contributed by atoms with E-state index < -0.39 is 51.8 Å². The minimum absolute atomic E-state index is 0.167. The van der Waals surface area contributed by atoms with Gasteiger partial charge in [-0.2, -0.15) is 0 Å². The zero-order valence-electron chi connectivity index (χ0n) is 38.4. The first-order chi connectivity index (χ1) is 29.7. The Kier molecular flexibility index (Phi) is 43.5. The molecular weight excluding hydrogens is 792 g/mol. The van der Waals surface area contributed by atoms with Crippen LogP contribution in [0.2, 0.25) is 0 Å². The van der Waals surface area contributed by atoms with Crippen molar-refractivity contribution in [3.63, 3.8) is 0 Å². The van der Waals surface area contributed by atoms with Crippen molar-refractivity contribution in [2.24, 2.45) is 0 Å². The minimum atomic E-state index is -4.63. The monoisotopic (exact) mass is 879 g/mol. The van der Waals surface area contributed by atoms with Gasteiger partial charge in [0.1, 0.15) is 12.7 Å². The average Bonchev–Trinajstić information content (AvgIpc) is 3.25. The van der Waals surface area contributed by atoms with Crippen LogP contribution in [0.15, 0.2) is 72.9 Å². The fourth-order valence-electron chi connectivity index (χ4n) is 6.12. The van der Waals surface area contributed by atoms with E-state index in [1.807, 2.05) is 0 Å². The molecule has 0 saturated carbocycles. The lowest BCUT2D eigenvalue weighted by atomic mass is 10.1. The molecule has 11 heteroatoms. The van der Waals surface area contributed by atoms with E-state index in [0.717, 1.165) is 77.0 Å². The predicted molar refractivity (Wildman–Crippen MR) is 251 cm³/mol. The minimum Gasteiger partial charge on any atom is -0.462 e. The van der Waals surface area contributed by atoms with E-state index in [2.05, 4.69) is 86.8 Å². The van der Waals surface area contributed by atoms with Crippen molar-refractivity contribution in [2.45, 2.75) is 206 Å². The number of rotatable bonds is 44. The van der Waals surface area contributed by atoms with E-state index in [1.54, 1.807) is 0 Å². The largest absolute Gasteiger partial charge is 0.472 e. The van der Waals surface area contributed by atoms with Crippen LogP contribution in [0.4, 0.5) is 0 Å². The van der Waals surface area contributed by atoms with Crippen LogP contribution in [-0.4, -0.2) is 65.7 Å². The molecule has 0 aliphatic heterocycles. The van der Waals surface area contributed by atoms with E-state index in [0.29, 0.717) is 12.8 Å². The van der Waals surface area contributed by atoms with Gasteiger partial charge in [0.2, 0.25) is 0 Å². The molecule has 10 nitrogen and oxygen atoms in total. The van der Waals surface area contributed by atoms with Crippen molar-refractivity contribution in [1.82, 2.24) is 0 Å². The lowest BCUT2D eigenvalue weighted by molar-refractivity contribution is -0.161. The third kappa shape index (κ3) is 45.3. The van der Waals surface area contributed by atoms with Crippen LogP contribution in [-0.2, 0) is 32.7 Å². The molecule has 352 valence electrons. The van der Waals surface area contributed by atoms with Gasteiger partial charge in [-0.15, -0.1) is 0 Å². The quantitative estimate of drug-likeness (QED) is 0.0234. The summed E-state index contributed by atoms with van der Waals surface area (Å²) >= 11 is 0. The first-order valence-corrected chi connectivity index (χ1v) is 25.4. The fourth-order valence-corrected chi connectivity index (χ4v) is 6.91. The van der Waals surface area contributed by atoms with Crippen molar-refractivity contribution < 1.29 is 47.8 Å². The highest BCUT2D eigenvalue weighted by Crippen LogP contribution is 2.43. The SMILES string of the molecule is CCCCC/C=C\C/C=C\C/C=C\CCCCCCCCCCC(=O)O[C@H](COC(=O)CCCCCC/C=C\C/C=C\C/C=C\CCCCC)COP(=O)(O)OC[C@@H](O)CO. The van der Waals surface area contributed by atoms with Crippen LogP contribution < -0.4 is 0 Å². The number of hydrogen-bond acceptors (Lipinski definition) is 9. The highest BCUT2D eigenvalue weighted by Gasteiger charge is 2.27. The molecule has 3 N–H and O–H groups in total. The number of aliphatic hydroxyl groups is 2. The number of phosphoric acid groups is 1. The molecule has 0 saturated heterocycles. The Bertz CT molecular complexity index is 1240. The first kappa shape index (κ1) is 58.4. The molecule has 3 atom stereocenters. The van der Waals surface area contributed by atoms with Crippen molar-refractivity contribution in [1.29, 1.82) is 0 Å². The van der Waals surface area contributed by atoms with Crippen LogP contribution in [0.25, 0.3) is 0 Å². The van der Waals surface area contributed by atoms with Crippen LogP contribution in [0.5, 0.6) is 0 Å².